The van der Waals surface area contributed by atoms with Crippen LogP contribution in [0.5, 0.6) is 0 Å². The molecule has 100 valence electrons. The zero-order chi connectivity index (χ0) is 13.1. The Morgan fingerprint density at radius 3 is 2.61 bits per heavy atom. The average Bonchev–Trinajstić information content (AvgIpc) is 2.36. The molecule has 4 nitrogen and oxygen atoms in total. The van der Waals surface area contributed by atoms with E-state index in [1.807, 2.05) is 19.3 Å². The van der Waals surface area contributed by atoms with E-state index < -0.39 is 0 Å². The zero-order valence-electron chi connectivity index (χ0n) is 11.8. The van der Waals surface area contributed by atoms with Crippen molar-refractivity contribution in [3.8, 4) is 0 Å². The van der Waals surface area contributed by atoms with Gasteiger partial charge < -0.3 is 10.2 Å². The minimum Gasteiger partial charge on any atom is -0.353 e. The minimum absolute atomic E-state index is 0.568. The molecule has 2 heterocycles. The van der Waals surface area contributed by atoms with E-state index in [1.54, 1.807) is 0 Å². The maximum absolute atomic E-state index is 4.58. The molecular formula is C14H24N4. The highest BCUT2D eigenvalue weighted by molar-refractivity contribution is 5.47. The van der Waals surface area contributed by atoms with E-state index in [0.29, 0.717) is 12.1 Å². The molecule has 0 radical (unpaired) electrons. The highest BCUT2D eigenvalue weighted by Gasteiger charge is 2.27. The van der Waals surface area contributed by atoms with Crippen molar-refractivity contribution in [2.75, 3.05) is 32.1 Å². The molecule has 2 unspecified atom stereocenters. The van der Waals surface area contributed by atoms with Gasteiger partial charge in [-0.2, -0.15) is 0 Å². The lowest BCUT2D eigenvalue weighted by Gasteiger charge is -2.43. The van der Waals surface area contributed by atoms with Crippen molar-refractivity contribution in [3.63, 3.8) is 0 Å². The second-order valence-electron chi connectivity index (χ2n) is 5.28. The Morgan fingerprint density at radius 2 is 2.00 bits per heavy atom. The van der Waals surface area contributed by atoms with Crippen molar-refractivity contribution in [3.05, 3.63) is 23.9 Å². The van der Waals surface area contributed by atoms with Crippen LogP contribution in [0.25, 0.3) is 0 Å². The van der Waals surface area contributed by atoms with Crippen LogP contribution in [-0.4, -0.2) is 49.2 Å². The van der Waals surface area contributed by atoms with E-state index in [1.165, 1.54) is 5.56 Å². The van der Waals surface area contributed by atoms with Gasteiger partial charge in [0, 0.05) is 43.5 Å². The fourth-order valence-electron chi connectivity index (χ4n) is 2.62. The molecule has 18 heavy (non-hydrogen) atoms. The van der Waals surface area contributed by atoms with Gasteiger partial charge in [-0.15, -0.1) is 0 Å². The van der Waals surface area contributed by atoms with E-state index in [-0.39, 0.29) is 0 Å². The Bertz CT molecular complexity index is 381. The van der Waals surface area contributed by atoms with Crippen LogP contribution in [0.1, 0.15) is 19.4 Å². The second-order valence-corrected chi connectivity index (χ2v) is 5.28. The zero-order valence-corrected chi connectivity index (χ0v) is 11.8. The molecule has 4 heteroatoms. The number of rotatable bonds is 3. The standard InChI is InChI=1S/C14H24N4/c1-11-9-18(10-12(2)17(11)4)14-13(8-15-3)6-5-7-16-14/h5-7,11-12,15H,8-10H2,1-4H3. The smallest absolute Gasteiger partial charge is 0.133 e. The molecule has 1 aliphatic rings. The van der Waals surface area contributed by atoms with Crippen LogP contribution >= 0.6 is 0 Å². The summed E-state index contributed by atoms with van der Waals surface area (Å²) in [5, 5.41) is 3.22. The van der Waals surface area contributed by atoms with Gasteiger partial charge >= 0.3 is 0 Å². The third kappa shape index (κ3) is 2.65. The van der Waals surface area contributed by atoms with Gasteiger partial charge in [0.05, 0.1) is 0 Å². The summed E-state index contributed by atoms with van der Waals surface area (Å²) in [6.45, 7) is 7.54. The molecular weight excluding hydrogens is 224 g/mol. The molecule has 0 amide bonds. The SMILES string of the molecule is CNCc1cccnc1N1CC(C)N(C)C(C)C1. The highest BCUT2D eigenvalue weighted by atomic mass is 15.3. The molecule has 2 rings (SSSR count). The minimum atomic E-state index is 0.568. The number of piperazine rings is 1. The summed E-state index contributed by atoms with van der Waals surface area (Å²) in [5.41, 5.74) is 1.28. The van der Waals surface area contributed by atoms with Crippen LogP contribution in [0.2, 0.25) is 0 Å². The van der Waals surface area contributed by atoms with Gasteiger partial charge in [-0.3, -0.25) is 4.90 Å². The topological polar surface area (TPSA) is 31.4 Å². The maximum Gasteiger partial charge on any atom is 0.133 e. The van der Waals surface area contributed by atoms with Crippen LogP contribution in [0.15, 0.2) is 18.3 Å². The molecule has 0 saturated carbocycles. The first kappa shape index (κ1) is 13.3. The fraction of sp³-hybridized carbons (Fsp3) is 0.643. The summed E-state index contributed by atoms with van der Waals surface area (Å²) in [6.07, 6.45) is 1.89. The van der Waals surface area contributed by atoms with Crippen LogP contribution in [-0.2, 0) is 6.54 Å². The Balaban J connectivity index is 2.21. The molecule has 1 aromatic rings. The molecule has 1 aromatic heterocycles. The predicted octanol–water partition coefficient (Wildman–Crippen LogP) is 1.33. The summed E-state index contributed by atoms with van der Waals surface area (Å²) in [4.78, 5) is 9.44. The third-order valence-electron chi connectivity index (χ3n) is 3.89. The van der Waals surface area contributed by atoms with Crippen molar-refractivity contribution in [2.45, 2.75) is 32.5 Å². The molecule has 1 N–H and O–H groups in total. The monoisotopic (exact) mass is 248 g/mol. The number of likely N-dealkylation sites (N-methyl/N-ethyl adjacent to an activating group) is 1. The van der Waals surface area contributed by atoms with Crippen LogP contribution < -0.4 is 10.2 Å². The summed E-state index contributed by atoms with van der Waals surface area (Å²) >= 11 is 0. The summed E-state index contributed by atoms with van der Waals surface area (Å²) in [5.74, 6) is 1.14. The van der Waals surface area contributed by atoms with E-state index in [4.69, 9.17) is 0 Å². The summed E-state index contributed by atoms with van der Waals surface area (Å²) < 4.78 is 0. The first-order chi connectivity index (χ1) is 8.63. The van der Waals surface area contributed by atoms with Gasteiger partial charge in [0.25, 0.3) is 0 Å². The number of pyridine rings is 1. The lowest BCUT2D eigenvalue weighted by atomic mass is 10.1. The number of anilines is 1. The number of hydrogen-bond donors (Lipinski definition) is 1. The number of nitrogens with zero attached hydrogens (tertiary/aromatic N) is 3. The maximum atomic E-state index is 4.58. The van der Waals surface area contributed by atoms with Crippen molar-refractivity contribution in [2.24, 2.45) is 0 Å². The number of nitrogens with one attached hydrogen (secondary N) is 1. The van der Waals surface area contributed by atoms with Crippen LogP contribution in [0.3, 0.4) is 0 Å². The van der Waals surface area contributed by atoms with Crippen molar-refractivity contribution in [1.82, 2.24) is 15.2 Å². The highest BCUT2D eigenvalue weighted by Crippen LogP contribution is 2.22. The van der Waals surface area contributed by atoms with Crippen molar-refractivity contribution < 1.29 is 0 Å². The molecule has 1 aliphatic heterocycles. The predicted molar refractivity (Wildman–Crippen MR) is 75.9 cm³/mol. The fourth-order valence-corrected chi connectivity index (χ4v) is 2.62. The Kier molecular flexibility index (Phi) is 4.19. The summed E-state index contributed by atoms with van der Waals surface area (Å²) in [7, 11) is 4.19. The van der Waals surface area contributed by atoms with E-state index in [2.05, 4.69) is 47.1 Å². The summed E-state index contributed by atoms with van der Waals surface area (Å²) in [6, 6.07) is 5.31. The van der Waals surface area contributed by atoms with Gasteiger partial charge in [0.1, 0.15) is 5.82 Å². The van der Waals surface area contributed by atoms with Gasteiger partial charge in [-0.1, -0.05) is 6.07 Å². The lowest BCUT2D eigenvalue weighted by Crippen LogP contribution is -2.55. The normalized spacial score (nSPS) is 25.4. The third-order valence-corrected chi connectivity index (χ3v) is 3.89. The molecule has 1 fully saturated rings. The van der Waals surface area contributed by atoms with E-state index in [0.717, 1.165) is 25.5 Å². The first-order valence-electron chi connectivity index (χ1n) is 6.69. The molecule has 1 saturated heterocycles. The molecule has 0 aliphatic carbocycles. The Hall–Kier alpha value is -1.13. The largest absolute Gasteiger partial charge is 0.353 e. The van der Waals surface area contributed by atoms with E-state index in [9.17, 15) is 0 Å². The molecule has 0 aromatic carbocycles. The van der Waals surface area contributed by atoms with Crippen molar-refractivity contribution in [1.29, 1.82) is 0 Å². The van der Waals surface area contributed by atoms with Gasteiger partial charge in [0.2, 0.25) is 0 Å². The van der Waals surface area contributed by atoms with Crippen LogP contribution in [0, 0.1) is 0 Å². The molecule has 0 bridgehead atoms. The van der Waals surface area contributed by atoms with Crippen molar-refractivity contribution >= 4 is 5.82 Å². The first-order valence-corrected chi connectivity index (χ1v) is 6.69. The van der Waals surface area contributed by atoms with Gasteiger partial charge in [-0.05, 0) is 34.0 Å². The van der Waals surface area contributed by atoms with E-state index >= 15 is 0 Å². The average molecular weight is 248 g/mol. The quantitative estimate of drug-likeness (QED) is 0.874. The lowest BCUT2D eigenvalue weighted by molar-refractivity contribution is 0.169. The number of aromatic nitrogens is 1. The molecule has 2 atom stereocenters. The number of hydrogen-bond acceptors (Lipinski definition) is 4. The van der Waals surface area contributed by atoms with Gasteiger partial charge in [-0.25, -0.2) is 4.98 Å². The van der Waals surface area contributed by atoms with Crippen LogP contribution in [0.4, 0.5) is 5.82 Å². The molecule has 0 spiro atoms. The Morgan fingerprint density at radius 1 is 1.33 bits per heavy atom. The van der Waals surface area contributed by atoms with Gasteiger partial charge in [0.15, 0.2) is 0 Å². The Labute approximate surface area is 110 Å². The second kappa shape index (κ2) is 5.67.